The largest absolute Gasteiger partial charge is 0.433 e. The molecule has 0 amide bonds. The number of rotatable bonds is 4. The van der Waals surface area contributed by atoms with Crippen LogP contribution in [0.1, 0.15) is 32.4 Å². The number of hydrogen-bond donors (Lipinski definition) is 0. The summed E-state index contributed by atoms with van der Waals surface area (Å²) in [5, 5.41) is 0. The third kappa shape index (κ3) is 3.84. The monoisotopic (exact) mass is 302 g/mol. The minimum atomic E-state index is -4.42. The molecule has 0 aromatic carbocycles. The maximum absolute atomic E-state index is 12.7. The average Bonchev–Trinajstić information content (AvgIpc) is 2.48. The van der Waals surface area contributed by atoms with E-state index in [-0.39, 0.29) is 5.95 Å². The number of hydrogen-bond acceptors (Lipinski definition) is 4. The van der Waals surface area contributed by atoms with Gasteiger partial charge >= 0.3 is 6.18 Å². The van der Waals surface area contributed by atoms with Gasteiger partial charge in [0.2, 0.25) is 5.95 Å². The summed E-state index contributed by atoms with van der Waals surface area (Å²) in [5.41, 5.74) is -0.880. The number of anilines is 1. The van der Waals surface area contributed by atoms with Crippen molar-refractivity contribution in [3.05, 3.63) is 18.0 Å². The number of nitrogens with zero attached hydrogens (tertiary/aromatic N) is 4. The molecular weight excluding hydrogens is 281 g/mol. The predicted molar refractivity (Wildman–Crippen MR) is 75.2 cm³/mol. The summed E-state index contributed by atoms with van der Waals surface area (Å²) in [6, 6.07) is 1.46. The fourth-order valence-corrected chi connectivity index (χ4v) is 2.75. The topological polar surface area (TPSA) is 32.3 Å². The van der Waals surface area contributed by atoms with E-state index in [0.717, 1.165) is 32.0 Å². The Balaban J connectivity index is 2.02. The standard InChI is InChI=1S/C14H21F3N4/c1-3-11(4-2)20-7-9-21(10-8-20)13-18-6-5-12(19-13)14(15,16)17/h5-6,11H,3-4,7-10H2,1-2H3. The SMILES string of the molecule is CCC(CC)N1CCN(c2nccc(C(F)(F)F)n2)CC1. The normalized spacial score (nSPS) is 17.5. The molecule has 1 saturated heterocycles. The van der Waals surface area contributed by atoms with E-state index in [1.807, 2.05) is 4.90 Å². The number of piperazine rings is 1. The fourth-order valence-electron chi connectivity index (χ4n) is 2.75. The molecule has 0 N–H and O–H groups in total. The zero-order valence-electron chi connectivity index (χ0n) is 12.4. The first-order valence-corrected chi connectivity index (χ1v) is 7.35. The molecular formula is C14H21F3N4. The Morgan fingerprint density at radius 3 is 2.29 bits per heavy atom. The van der Waals surface area contributed by atoms with Crippen LogP contribution < -0.4 is 4.90 Å². The molecule has 2 heterocycles. The van der Waals surface area contributed by atoms with Gasteiger partial charge in [-0.05, 0) is 18.9 Å². The minimum absolute atomic E-state index is 0.175. The van der Waals surface area contributed by atoms with Crippen molar-refractivity contribution >= 4 is 5.95 Å². The van der Waals surface area contributed by atoms with Crippen molar-refractivity contribution in [2.24, 2.45) is 0 Å². The molecule has 0 saturated carbocycles. The summed E-state index contributed by atoms with van der Waals surface area (Å²) < 4.78 is 38.0. The molecule has 118 valence electrons. The van der Waals surface area contributed by atoms with E-state index in [1.165, 1.54) is 6.20 Å². The summed E-state index contributed by atoms with van der Waals surface area (Å²) in [6.07, 6.45) is -1.05. The third-order valence-electron chi connectivity index (χ3n) is 3.99. The highest BCUT2D eigenvalue weighted by Gasteiger charge is 2.33. The zero-order chi connectivity index (χ0) is 15.5. The van der Waals surface area contributed by atoms with Gasteiger partial charge in [0.1, 0.15) is 5.69 Å². The van der Waals surface area contributed by atoms with Crippen LogP contribution in [0, 0.1) is 0 Å². The summed E-state index contributed by atoms with van der Waals surface area (Å²) in [4.78, 5) is 11.9. The van der Waals surface area contributed by atoms with Gasteiger partial charge in [-0.3, -0.25) is 4.90 Å². The van der Waals surface area contributed by atoms with Crippen molar-refractivity contribution in [3.63, 3.8) is 0 Å². The smallest absolute Gasteiger partial charge is 0.338 e. The lowest BCUT2D eigenvalue weighted by Gasteiger charge is -2.38. The molecule has 1 aromatic rings. The highest BCUT2D eigenvalue weighted by Crippen LogP contribution is 2.28. The van der Waals surface area contributed by atoms with E-state index in [9.17, 15) is 13.2 Å². The number of alkyl halides is 3. The molecule has 2 rings (SSSR count). The zero-order valence-corrected chi connectivity index (χ0v) is 12.4. The van der Waals surface area contributed by atoms with E-state index in [4.69, 9.17) is 0 Å². The fraction of sp³-hybridized carbons (Fsp3) is 0.714. The van der Waals surface area contributed by atoms with Crippen LogP contribution in [-0.4, -0.2) is 47.1 Å². The van der Waals surface area contributed by atoms with E-state index in [0.29, 0.717) is 19.1 Å². The van der Waals surface area contributed by atoms with Gasteiger partial charge in [0, 0.05) is 38.4 Å². The maximum atomic E-state index is 12.7. The van der Waals surface area contributed by atoms with E-state index >= 15 is 0 Å². The summed E-state index contributed by atoms with van der Waals surface area (Å²) in [5.74, 6) is 0.175. The Labute approximate surface area is 123 Å². The Morgan fingerprint density at radius 2 is 1.76 bits per heavy atom. The molecule has 4 nitrogen and oxygen atoms in total. The second-order valence-corrected chi connectivity index (χ2v) is 5.23. The van der Waals surface area contributed by atoms with E-state index in [2.05, 4.69) is 28.7 Å². The van der Waals surface area contributed by atoms with Crippen LogP contribution in [-0.2, 0) is 6.18 Å². The van der Waals surface area contributed by atoms with Crippen molar-refractivity contribution in [1.29, 1.82) is 0 Å². The molecule has 0 unspecified atom stereocenters. The lowest BCUT2D eigenvalue weighted by molar-refractivity contribution is -0.141. The van der Waals surface area contributed by atoms with Gasteiger partial charge in [0.25, 0.3) is 0 Å². The summed E-state index contributed by atoms with van der Waals surface area (Å²) in [7, 11) is 0. The molecule has 1 aliphatic heterocycles. The first-order valence-electron chi connectivity index (χ1n) is 7.35. The number of aromatic nitrogens is 2. The van der Waals surface area contributed by atoms with Gasteiger partial charge in [0.15, 0.2) is 0 Å². The van der Waals surface area contributed by atoms with Crippen LogP contribution in [0.3, 0.4) is 0 Å². The molecule has 0 bridgehead atoms. The minimum Gasteiger partial charge on any atom is -0.338 e. The molecule has 0 aliphatic carbocycles. The molecule has 1 fully saturated rings. The highest BCUT2D eigenvalue weighted by molar-refractivity contribution is 5.31. The predicted octanol–water partition coefficient (Wildman–Crippen LogP) is 2.81. The van der Waals surface area contributed by atoms with Crippen molar-refractivity contribution in [2.45, 2.75) is 38.9 Å². The summed E-state index contributed by atoms with van der Waals surface area (Å²) in [6.45, 7) is 7.33. The summed E-state index contributed by atoms with van der Waals surface area (Å²) >= 11 is 0. The lowest BCUT2D eigenvalue weighted by atomic mass is 10.1. The van der Waals surface area contributed by atoms with Gasteiger partial charge in [-0.1, -0.05) is 13.8 Å². The van der Waals surface area contributed by atoms with Gasteiger partial charge in [0.05, 0.1) is 0 Å². The van der Waals surface area contributed by atoms with Crippen LogP contribution in [0.15, 0.2) is 12.3 Å². The van der Waals surface area contributed by atoms with Gasteiger partial charge in [-0.25, -0.2) is 9.97 Å². The number of halogens is 3. The van der Waals surface area contributed by atoms with Crippen LogP contribution in [0.4, 0.5) is 19.1 Å². The van der Waals surface area contributed by atoms with Crippen molar-refractivity contribution in [2.75, 3.05) is 31.1 Å². The van der Waals surface area contributed by atoms with Gasteiger partial charge in [-0.2, -0.15) is 13.2 Å². The second-order valence-electron chi connectivity index (χ2n) is 5.23. The molecule has 7 heteroatoms. The maximum Gasteiger partial charge on any atom is 0.433 e. The van der Waals surface area contributed by atoms with E-state index in [1.54, 1.807) is 0 Å². The van der Waals surface area contributed by atoms with Gasteiger partial charge < -0.3 is 4.90 Å². The van der Waals surface area contributed by atoms with Crippen LogP contribution >= 0.6 is 0 Å². The van der Waals surface area contributed by atoms with Crippen LogP contribution in [0.5, 0.6) is 0 Å². The lowest BCUT2D eigenvalue weighted by Crippen LogP contribution is -2.50. The molecule has 21 heavy (non-hydrogen) atoms. The first-order chi connectivity index (χ1) is 9.95. The second kappa shape index (κ2) is 6.60. The van der Waals surface area contributed by atoms with Crippen molar-refractivity contribution in [1.82, 2.24) is 14.9 Å². The molecule has 1 aromatic heterocycles. The Kier molecular flexibility index (Phi) is 5.03. The Morgan fingerprint density at radius 1 is 1.14 bits per heavy atom. The molecule has 0 radical (unpaired) electrons. The third-order valence-corrected chi connectivity index (χ3v) is 3.99. The molecule has 0 spiro atoms. The Hall–Kier alpha value is -1.37. The molecule has 1 aliphatic rings. The first kappa shape index (κ1) is 16.0. The quantitative estimate of drug-likeness (QED) is 0.856. The Bertz CT molecular complexity index is 452. The highest BCUT2D eigenvalue weighted by atomic mass is 19.4. The van der Waals surface area contributed by atoms with Crippen LogP contribution in [0.25, 0.3) is 0 Å². The van der Waals surface area contributed by atoms with E-state index < -0.39 is 11.9 Å². The average molecular weight is 302 g/mol. The van der Waals surface area contributed by atoms with Crippen LogP contribution in [0.2, 0.25) is 0 Å². The van der Waals surface area contributed by atoms with Gasteiger partial charge in [-0.15, -0.1) is 0 Å². The van der Waals surface area contributed by atoms with Crippen molar-refractivity contribution in [3.8, 4) is 0 Å². The molecule has 0 atom stereocenters. The van der Waals surface area contributed by atoms with Crippen molar-refractivity contribution < 1.29 is 13.2 Å².